The molecule has 0 aromatic heterocycles. The average Bonchev–Trinajstić information content (AvgIpc) is 2.43. The van der Waals surface area contributed by atoms with Crippen LogP contribution in [0.25, 0.3) is 0 Å². The molecule has 1 nitrogen and oxygen atoms in total. The van der Waals surface area contributed by atoms with Gasteiger partial charge in [0.15, 0.2) is 17.4 Å². The Labute approximate surface area is 123 Å². The molecule has 0 saturated carbocycles. The Hall–Kier alpha value is -2.03. The van der Waals surface area contributed by atoms with E-state index in [0.717, 1.165) is 11.6 Å². The molecule has 0 aliphatic heterocycles. The lowest BCUT2D eigenvalue weighted by molar-refractivity contribution is 0.0989. The van der Waals surface area contributed by atoms with Crippen molar-refractivity contribution in [3.05, 3.63) is 70.8 Å². The van der Waals surface area contributed by atoms with Gasteiger partial charge in [-0.2, -0.15) is 0 Å². The first kappa shape index (κ1) is 15.4. The first-order valence-corrected chi connectivity index (χ1v) is 6.86. The molecule has 0 aliphatic carbocycles. The fraction of sp³-hybridized carbons (Fsp3) is 0.278. The smallest absolute Gasteiger partial charge is 0.167 e. The largest absolute Gasteiger partial charge is 0.294 e. The maximum absolute atomic E-state index is 13.7. The molecule has 0 heterocycles. The molecule has 0 fully saturated rings. The number of benzene rings is 2. The molecular weight excluding hydrogens is 270 g/mol. The van der Waals surface area contributed by atoms with E-state index >= 15 is 0 Å². The third-order valence-corrected chi connectivity index (χ3v) is 3.42. The van der Waals surface area contributed by atoms with Gasteiger partial charge in [-0.15, -0.1) is 0 Å². The van der Waals surface area contributed by atoms with Crippen LogP contribution in [-0.2, 0) is 11.8 Å². The van der Waals surface area contributed by atoms with Crippen molar-refractivity contribution < 1.29 is 13.6 Å². The standard InChI is InChI=1S/C18H18F2O/c1-18(2,3)14-9-5-4-8-13(14)16(21)11-12-7-6-10-15(19)17(12)20/h4-10H,11H2,1-3H3. The highest BCUT2D eigenvalue weighted by Crippen LogP contribution is 2.27. The molecule has 2 aromatic rings. The Morgan fingerprint density at radius 3 is 2.33 bits per heavy atom. The van der Waals surface area contributed by atoms with Gasteiger partial charge in [0.05, 0.1) is 0 Å². The van der Waals surface area contributed by atoms with E-state index in [9.17, 15) is 13.6 Å². The first-order chi connectivity index (χ1) is 9.80. The summed E-state index contributed by atoms with van der Waals surface area (Å²) in [6, 6.07) is 11.2. The maximum Gasteiger partial charge on any atom is 0.167 e. The molecule has 2 aromatic carbocycles. The Balaban J connectivity index is 2.36. The minimum Gasteiger partial charge on any atom is -0.294 e. The van der Waals surface area contributed by atoms with E-state index in [1.54, 1.807) is 12.1 Å². The van der Waals surface area contributed by atoms with Crippen LogP contribution in [0.2, 0.25) is 0 Å². The Kier molecular flexibility index (Phi) is 4.21. The van der Waals surface area contributed by atoms with Gasteiger partial charge in [-0.1, -0.05) is 57.2 Å². The summed E-state index contributed by atoms with van der Waals surface area (Å²) >= 11 is 0. The van der Waals surface area contributed by atoms with Gasteiger partial charge in [-0.05, 0) is 22.6 Å². The van der Waals surface area contributed by atoms with Gasteiger partial charge < -0.3 is 0 Å². The van der Waals surface area contributed by atoms with Crippen molar-refractivity contribution in [2.24, 2.45) is 0 Å². The van der Waals surface area contributed by atoms with Crippen LogP contribution in [0.15, 0.2) is 42.5 Å². The lowest BCUT2D eigenvalue weighted by Gasteiger charge is -2.22. The summed E-state index contributed by atoms with van der Waals surface area (Å²) in [5.74, 6) is -2.08. The summed E-state index contributed by atoms with van der Waals surface area (Å²) in [5.41, 5.74) is 1.37. The van der Waals surface area contributed by atoms with Crippen LogP contribution in [0.4, 0.5) is 8.78 Å². The number of carbonyl (C=O) groups is 1. The van der Waals surface area contributed by atoms with Gasteiger partial charge in [-0.3, -0.25) is 4.79 Å². The van der Waals surface area contributed by atoms with Crippen LogP contribution in [0, 0.1) is 11.6 Å². The van der Waals surface area contributed by atoms with Gasteiger partial charge in [0.25, 0.3) is 0 Å². The molecule has 0 spiro atoms. The number of carbonyl (C=O) groups excluding carboxylic acids is 1. The lowest BCUT2D eigenvalue weighted by Crippen LogP contribution is -2.18. The van der Waals surface area contributed by atoms with E-state index in [4.69, 9.17) is 0 Å². The van der Waals surface area contributed by atoms with E-state index in [1.807, 2.05) is 32.9 Å². The molecule has 0 atom stereocenters. The first-order valence-electron chi connectivity index (χ1n) is 6.86. The zero-order valence-corrected chi connectivity index (χ0v) is 12.4. The van der Waals surface area contributed by atoms with Gasteiger partial charge >= 0.3 is 0 Å². The predicted molar refractivity (Wildman–Crippen MR) is 79.5 cm³/mol. The number of hydrogen-bond acceptors (Lipinski definition) is 1. The van der Waals surface area contributed by atoms with Crippen molar-refractivity contribution in [2.45, 2.75) is 32.6 Å². The predicted octanol–water partition coefficient (Wildman–Crippen LogP) is 4.69. The number of hydrogen-bond donors (Lipinski definition) is 0. The molecule has 0 bridgehead atoms. The van der Waals surface area contributed by atoms with E-state index in [-0.39, 0.29) is 23.2 Å². The minimum atomic E-state index is -0.945. The van der Waals surface area contributed by atoms with Crippen molar-refractivity contribution >= 4 is 5.78 Å². The molecule has 0 radical (unpaired) electrons. The second-order valence-corrected chi connectivity index (χ2v) is 6.11. The lowest BCUT2D eigenvalue weighted by atomic mass is 9.82. The van der Waals surface area contributed by atoms with Crippen molar-refractivity contribution in [3.8, 4) is 0 Å². The second-order valence-electron chi connectivity index (χ2n) is 6.11. The summed E-state index contributed by atoms with van der Waals surface area (Å²) in [4.78, 5) is 12.5. The van der Waals surface area contributed by atoms with Gasteiger partial charge in [0.2, 0.25) is 0 Å². The zero-order valence-electron chi connectivity index (χ0n) is 12.4. The zero-order chi connectivity index (χ0) is 15.6. The normalized spacial score (nSPS) is 11.5. The average molecular weight is 288 g/mol. The summed E-state index contributed by atoms with van der Waals surface area (Å²) < 4.78 is 26.9. The van der Waals surface area contributed by atoms with E-state index in [1.165, 1.54) is 12.1 Å². The van der Waals surface area contributed by atoms with Gasteiger partial charge in [-0.25, -0.2) is 8.78 Å². The van der Waals surface area contributed by atoms with Crippen LogP contribution in [-0.4, -0.2) is 5.78 Å². The second kappa shape index (κ2) is 5.76. The summed E-state index contributed by atoms with van der Waals surface area (Å²) in [6.45, 7) is 6.05. The van der Waals surface area contributed by atoms with Crippen molar-refractivity contribution in [2.75, 3.05) is 0 Å². The minimum absolute atomic E-state index is 0.0868. The Morgan fingerprint density at radius 2 is 1.67 bits per heavy atom. The molecule has 2 rings (SSSR count). The quantitative estimate of drug-likeness (QED) is 0.749. The van der Waals surface area contributed by atoms with Crippen LogP contribution in [0.5, 0.6) is 0 Å². The highest BCUT2D eigenvalue weighted by atomic mass is 19.2. The Bertz CT molecular complexity index is 669. The van der Waals surface area contributed by atoms with Crippen molar-refractivity contribution in [3.63, 3.8) is 0 Å². The number of ketones is 1. The molecule has 0 aliphatic rings. The third-order valence-electron chi connectivity index (χ3n) is 3.42. The molecule has 0 saturated heterocycles. The van der Waals surface area contributed by atoms with Crippen LogP contribution in [0.1, 0.15) is 42.3 Å². The van der Waals surface area contributed by atoms with Crippen LogP contribution < -0.4 is 0 Å². The highest BCUT2D eigenvalue weighted by molar-refractivity contribution is 5.99. The van der Waals surface area contributed by atoms with Gasteiger partial charge in [0, 0.05) is 12.0 Å². The molecule has 3 heteroatoms. The molecule has 0 unspecified atom stereocenters. The third kappa shape index (κ3) is 3.35. The molecule has 110 valence electrons. The summed E-state index contributed by atoms with van der Waals surface area (Å²) in [6.07, 6.45) is -0.142. The SMILES string of the molecule is CC(C)(C)c1ccccc1C(=O)Cc1cccc(F)c1F. The van der Waals surface area contributed by atoms with E-state index in [2.05, 4.69) is 0 Å². The highest BCUT2D eigenvalue weighted by Gasteiger charge is 2.22. The molecule has 21 heavy (non-hydrogen) atoms. The fourth-order valence-electron chi connectivity index (χ4n) is 2.33. The monoisotopic (exact) mass is 288 g/mol. The maximum atomic E-state index is 13.7. The fourth-order valence-corrected chi connectivity index (χ4v) is 2.33. The van der Waals surface area contributed by atoms with Crippen LogP contribution >= 0.6 is 0 Å². The van der Waals surface area contributed by atoms with Crippen molar-refractivity contribution in [1.82, 2.24) is 0 Å². The molecular formula is C18H18F2O. The van der Waals surface area contributed by atoms with E-state index in [0.29, 0.717) is 5.56 Å². The summed E-state index contributed by atoms with van der Waals surface area (Å²) in [5, 5.41) is 0. The summed E-state index contributed by atoms with van der Waals surface area (Å²) in [7, 11) is 0. The van der Waals surface area contributed by atoms with Crippen LogP contribution in [0.3, 0.4) is 0 Å². The molecule has 0 N–H and O–H groups in total. The van der Waals surface area contributed by atoms with Crippen molar-refractivity contribution in [1.29, 1.82) is 0 Å². The number of rotatable bonds is 3. The van der Waals surface area contributed by atoms with E-state index < -0.39 is 11.6 Å². The topological polar surface area (TPSA) is 17.1 Å². The number of halogens is 2. The Morgan fingerprint density at radius 1 is 1.00 bits per heavy atom. The number of Topliss-reactive ketones (excluding diaryl/α,β-unsaturated/α-hetero) is 1. The van der Waals surface area contributed by atoms with Gasteiger partial charge in [0.1, 0.15) is 0 Å². The molecule has 0 amide bonds.